The summed E-state index contributed by atoms with van der Waals surface area (Å²) in [5.74, 6) is -0.232. The molecule has 0 aliphatic heterocycles. The summed E-state index contributed by atoms with van der Waals surface area (Å²) >= 11 is 5.58. The Labute approximate surface area is 109 Å². The number of carbonyl (C=O) groups is 1. The zero-order chi connectivity index (χ0) is 13.7. The third kappa shape index (κ3) is 3.80. The Kier molecular flexibility index (Phi) is 5.26. The molecule has 18 heavy (non-hydrogen) atoms. The number of aromatic nitrogens is 2. The molecule has 0 aliphatic rings. The molecule has 1 aromatic rings. The van der Waals surface area contributed by atoms with Crippen LogP contribution in [0.3, 0.4) is 0 Å². The highest BCUT2D eigenvalue weighted by molar-refractivity contribution is 6.28. The lowest BCUT2D eigenvalue weighted by molar-refractivity contribution is -0.119. The number of hydrogen-bond acceptors (Lipinski definition) is 6. The molecule has 0 radical (unpaired) electrons. The quantitative estimate of drug-likeness (QED) is 0.636. The van der Waals surface area contributed by atoms with Gasteiger partial charge in [-0.2, -0.15) is 4.98 Å². The molecule has 1 amide bonds. The predicted octanol–water partition coefficient (Wildman–Crippen LogP) is -0.331. The van der Waals surface area contributed by atoms with E-state index in [0.717, 1.165) is 0 Å². The average Bonchev–Trinajstić information content (AvgIpc) is 2.34. The standard InChI is InChI=1S/C10H14ClN3O4/c1-5(15)12-4-7(16)8(17)6-3-13-10(11)14-9(6)18-2/h3,7-8,16-17H,4H2,1-2H3,(H,12,15). The van der Waals surface area contributed by atoms with Crippen LogP contribution in [0, 0.1) is 0 Å². The Morgan fingerprint density at radius 1 is 1.61 bits per heavy atom. The van der Waals surface area contributed by atoms with E-state index >= 15 is 0 Å². The van der Waals surface area contributed by atoms with Gasteiger partial charge in [0, 0.05) is 19.7 Å². The smallest absolute Gasteiger partial charge is 0.225 e. The van der Waals surface area contributed by atoms with Crippen LogP contribution in [0.25, 0.3) is 0 Å². The number of aliphatic hydroxyl groups is 2. The van der Waals surface area contributed by atoms with E-state index in [4.69, 9.17) is 16.3 Å². The maximum absolute atomic E-state index is 10.7. The molecule has 1 rings (SSSR count). The molecule has 0 fully saturated rings. The first-order valence-electron chi connectivity index (χ1n) is 5.12. The van der Waals surface area contributed by atoms with E-state index in [0.29, 0.717) is 0 Å². The molecule has 2 atom stereocenters. The first-order valence-corrected chi connectivity index (χ1v) is 5.50. The van der Waals surface area contributed by atoms with Crippen LogP contribution >= 0.6 is 11.6 Å². The second-order valence-electron chi connectivity index (χ2n) is 3.55. The van der Waals surface area contributed by atoms with Crippen molar-refractivity contribution < 1.29 is 19.7 Å². The third-order valence-electron chi connectivity index (χ3n) is 2.19. The number of hydrogen-bond donors (Lipinski definition) is 3. The van der Waals surface area contributed by atoms with Gasteiger partial charge < -0.3 is 20.3 Å². The Bertz CT molecular complexity index is 430. The van der Waals surface area contributed by atoms with E-state index in [9.17, 15) is 15.0 Å². The van der Waals surface area contributed by atoms with Crippen molar-refractivity contribution in [3.05, 3.63) is 17.0 Å². The number of nitrogens with one attached hydrogen (secondary N) is 1. The van der Waals surface area contributed by atoms with E-state index in [1.807, 2.05) is 0 Å². The Morgan fingerprint density at radius 2 is 2.28 bits per heavy atom. The molecule has 7 nitrogen and oxygen atoms in total. The summed E-state index contributed by atoms with van der Waals surface area (Å²) in [5.41, 5.74) is 0.194. The Balaban J connectivity index is 2.82. The fourth-order valence-electron chi connectivity index (χ4n) is 1.29. The molecule has 0 aromatic carbocycles. The molecule has 0 aliphatic carbocycles. The zero-order valence-electron chi connectivity index (χ0n) is 9.92. The van der Waals surface area contributed by atoms with Gasteiger partial charge in [0.1, 0.15) is 12.2 Å². The van der Waals surface area contributed by atoms with Crippen LogP contribution in [0.15, 0.2) is 6.20 Å². The van der Waals surface area contributed by atoms with Gasteiger partial charge in [-0.05, 0) is 11.6 Å². The van der Waals surface area contributed by atoms with Gasteiger partial charge in [-0.3, -0.25) is 4.79 Å². The van der Waals surface area contributed by atoms with Crippen molar-refractivity contribution in [2.45, 2.75) is 19.1 Å². The fraction of sp³-hybridized carbons (Fsp3) is 0.500. The molecule has 1 heterocycles. The van der Waals surface area contributed by atoms with Gasteiger partial charge in [0.15, 0.2) is 0 Å². The van der Waals surface area contributed by atoms with Crippen molar-refractivity contribution in [1.29, 1.82) is 0 Å². The molecular weight excluding hydrogens is 262 g/mol. The number of ether oxygens (including phenoxy) is 1. The third-order valence-corrected chi connectivity index (χ3v) is 2.37. The van der Waals surface area contributed by atoms with Gasteiger partial charge in [-0.1, -0.05) is 0 Å². The molecule has 0 saturated carbocycles. The summed E-state index contributed by atoms with van der Waals surface area (Å²) in [4.78, 5) is 18.2. The fourth-order valence-corrected chi connectivity index (χ4v) is 1.41. The highest BCUT2D eigenvalue weighted by Crippen LogP contribution is 2.25. The number of methoxy groups -OCH3 is 1. The molecular formula is C10H14ClN3O4. The summed E-state index contributed by atoms with van der Waals surface area (Å²) in [5, 5.41) is 22.0. The van der Waals surface area contributed by atoms with Crippen molar-refractivity contribution >= 4 is 17.5 Å². The van der Waals surface area contributed by atoms with Gasteiger partial charge in [-0.25, -0.2) is 4.98 Å². The van der Waals surface area contributed by atoms with E-state index in [2.05, 4.69) is 15.3 Å². The average molecular weight is 276 g/mol. The lowest BCUT2D eigenvalue weighted by atomic mass is 10.1. The van der Waals surface area contributed by atoms with Crippen LogP contribution in [0.5, 0.6) is 5.88 Å². The molecule has 1 aromatic heterocycles. The number of nitrogens with zero attached hydrogens (tertiary/aromatic N) is 2. The van der Waals surface area contributed by atoms with E-state index in [-0.39, 0.29) is 29.2 Å². The first-order chi connectivity index (χ1) is 8.45. The van der Waals surface area contributed by atoms with Gasteiger partial charge in [-0.15, -0.1) is 0 Å². The van der Waals surface area contributed by atoms with Crippen molar-refractivity contribution in [3.8, 4) is 5.88 Å². The maximum atomic E-state index is 10.7. The van der Waals surface area contributed by atoms with Gasteiger partial charge in [0.2, 0.25) is 17.1 Å². The number of halogens is 1. The number of rotatable bonds is 5. The summed E-state index contributed by atoms with van der Waals surface area (Å²) in [6.07, 6.45) is -1.23. The number of carbonyl (C=O) groups excluding carboxylic acids is 1. The SMILES string of the molecule is COc1nc(Cl)ncc1C(O)C(O)CNC(C)=O. The number of amides is 1. The minimum absolute atomic E-state index is 0.0286. The van der Waals surface area contributed by atoms with Crippen LogP contribution in [0.1, 0.15) is 18.6 Å². The molecule has 100 valence electrons. The lowest BCUT2D eigenvalue weighted by Gasteiger charge is -2.19. The molecule has 0 spiro atoms. The molecule has 8 heteroatoms. The Hall–Kier alpha value is -1.44. The van der Waals surface area contributed by atoms with Crippen LogP contribution in [0.2, 0.25) is 5.28 Å². The molecule has 3 N–H and O–H groups in total. The van der Waals surface area contributed by atoms with Crippen LogP contribution in [-0.2, 0) is 4.79 Å². The summed E-state index contributed by atoms with van der Waals surface area (Å²) in [7, 11) is 1.36. The lowest BCUT2D eigenvalue weighted by Crippen LogP contribution is -2.34. The van der Waals surface area contributed by atoms with Gasteiger partial charge in [0.25, 0.3) is 0 Å². The highest BCUT2D eigenvalue weighted by Gasteiger charge is 2.23. The van der Waals surface area contributed by atoms with E-state index < -0.39 is 12.2 Å². The van der Waals surface area contributed by atoms with E-state index in [1.54, 1.807) is 0 Å². The predicted molar refractivity (Wildman–Crippen MR) is 63.2 cm³/mol. The van der Waals surface area contributed by atoms with Crippen LogP contribution in [0.4, 0.5) is 0 Å². The Morgan fingerprint density at radius 3 is 2.83 bits per heavy atom. The first kappa shape index (κ1) is 14.6. The van der Waals surface area contributed by atoms with Gasteiger partial charge in [0.05, 0.1) is 12.7 Å². The van der Waals surface area contributed by atoms with Crippen molar-refractivity contribution in [2.75, 3.05) is 13.7 Å². The monoisotopic (exact) mass is 275 g/mol. The molecule has 0 bridgehead atoms. The van der Waals surface area contributed by atoms with Crippen LogP contribution < -0.4 is 10.1 Å². The van der Waals surface area contributed by atoms with Gasteiger partial charge >= 0.3 is 0 Å². The maximum Gasteiger partial charge on any atom is 0.225 e. The second-order valence-corrected chi connectivity index (χ2v) is 3.89. The van der Waals surface area contributed by atoms with Crippen molar-refractivity contribution in [1.82, 2.24) is 15.3 Å². The minimum Gasteiger partial charge on any atom is -0.481 e. The molecule has 0 saturated heterocycles. The summed E-state index contributed by atoms with van der Waals surface area (Å²) < 4.78 is 4.93. The zero-order valence-corrected chi connectivity index (χ0v) is 10.7. The summed E-state index contributed by atoms with van der Waals surface area (Å²) in [6.45, 7) is 1.22. The minimum atomic E-state index is -1.29. The number of aliphatic hydroxyl groups excluding tert-OH is 2. The largest absolute Gasteiger partial charge is 0.481 e. The summed E-state index contributed by atoms with van der Waals surface area (Å²) in [6, 6.07) is 0. The second kappa shape index (κ2) is 6.48. The van der Waals surface area contributed by atoms with Crippen molar-refractivity contribution in [3.63, 3.8) is 0 Å². The topological polar surface area (TPSA) is 105 Å². The molecule has 2 unspecified atom stereocenters. The van der Waals surface area contributed by atoms with Crippen molar-refractivity contribution in [2.24, 2.45) is 0 Å². The highest BCUT2D eigenvalue weighted by atomic mass is 35.5. The normalized spacial score (nSPS) is 13.8. The van der Waals surface area contributed by atoms with E-state index in [1.165, 1.54) is 20.2 Å². The van der Waals surface area contributed by atoms with Crippen LogP contribution in [-0.4, -0.2) is 45.8 Å².